The van der Waals surface area contributed by atoms with Crippen LogP contribution in [0.3, 0.4) is 0 Å². The number of rotatable bonds is 1. The number of hydrogen-bond donors (Lipinski definition) is 1. The maximum Gasteiger partial charge on any atom is 0.232 e. The molecule has 4 heteroatoms. The monoisotopic (exact) mass is 272 g/mol. The first kappa shape index (κ1) is 11.8. The Morgan fingerprint density at radius 1 is 1.11 bits per heavy atom. The minimum atomic E-state index is -0.235. The second-order valence-corrected chi connectivity index (χ2v) is 4.61. The van der Waals surface area contributed by atoms with Crippen molar-refractivity contribution in [3.05, 3.63) is 64.4 Å². The summed E-state index contributed by atoms with van der Waals surface area (Å²) in [7, 11) is 0. The number of Topliss-reactive ketones (excluding diaryl/α,β-unsaturated/α-hetero) is 1. The van der Waals surface area contributed by atoms with Crippen LogP contribution in [0, 0.1) is 0 Å². The molecule has 3 rings (SSSR count). The molecule has 19 heavy (non-hydrogen) atoms. The third kappa shape index (κ3) is 2.20. The molecule has 2 aromatic rings. The van der Waals surface area contributed by atoms with E-state index in [2.05, 4.69) is 0 Å². The van der Waals surface area contributed by atoms with E-state index in [9.17, 15) is 9.90 Å². The molecule has 0 amide bonds. The van der Waals surface area contributed by atoms with Crippen LogP contribution in [-0.4, -0.2) is 10.9 Å². The van der Waals surface area contributed by atoms with Gasteiger partial charge in [-0.25, -0.2) is 0 Å². The number of halogens is 1. The SMILES string of the molecule is O=C1/C(=C/c2ccc(Cl)cc2)Oc2ccc(O)cc21. The smallest absolute Gasteiger partial charge is 0.232 e. The Morgan fingerprint density at radius 3 is 2.58 bits per heavy atom. The van der Waals surface area contributed by atoms with E-state index in [4.69, 9.17) is 16.3 Å². The summed E-state index contributed by atoms with van der Waals surface area (Å²) in [5, 5.41) is 10.0. The second kappa shape index (κ2) is 4.44. The topological polar surface area (TPSA) is 46.5 Å². The van der Waals surface area contributed by atoms with Crippen LogP contribution in [0.5, 0.6) is 11.5 Å². The van der Waals surface area contributed by atoms with Crippen molar-refractivity contribution in [2.75, 3.05) is 0 Å². The van der Waals surface area contributed by atoms with Crippen molar-refractivity contribution in [1.29, 1.82) is 0 Å². The lowest BCUT2D eigenvalue weighted by atomic mass is 10.1. The van der Waals surface area contributed by atoms with Crippen LogP contribution >= 0.6 is 11.6 Å². The van der Waals surface area contributed by atoms with E-state index in [0.29, 0.717) is 16.3 Å². The molecule has 1 heterocycles. The summed E-state index contributed by atoms with van der Waals surface area (Å²) in [6.07, 6.45) is 1.65. The Hall–Kier alpha value is -2.26. The number of phenols is 1. The van der Waals surface area contributed by atoms with Crippen LogP contribution in [0.25, 0.3) is 6.08 Å². The molecular weight excluding hydrogens is 264 g/mol. The predicted molar refractivity (Wildman–Crippen MR) is 72.5 cm³/mol. The van der Waals surface area contributed by atoms with Crippen LogP contribution in [0.4, 0.5) is 0 Å². The van der Waals surface area contributed by atoms with E-state index in [-0.39, 0.29) is 17.3 Å². The first-order chi connectivity index (χ1) is 9.13. The van der Waals surface area contributed by atoms with Crippen molar-refractivity contribution in [1.82, 2.24) is 0 Å². The van der Waals surface area contributed by atoms with Crippen molar-refractivity contribution < 1.29 is 14.6 Å². The molecule has 2 aromatic carbocycles. The van der Waals surface area contributed by atoms with Gasteiger partial charge in [-0.2, -0.15) is 0 Å². The van der Waals surface area contributed by atoms with Gasteiger partial charge < -0.3 is 9.84 Å². The fraction of sp³-hybridized carbons (Fsp3) is 0. The first-order valence-electron chi connectivity index (χ1n) is 5.66. The Balaban J connectivity index is 1.97. The minimum Gasteiger partial charge on any atom is -0.508 e. The van der Waals surface area contributed by atoms with Gasteiger partial charge in [0.05, 0.1) is 5.56 Å². The van der Waals surface area contributed by atoms with Gasteiger partial charge in [0.1, 0.15) is 11.5 Å². The van der Waals surface area contributed by atoms with Crippen LogP contribution in [0.2, 0.25) is 5.02 Å². The van der Waals surface area contributed by atoms with Crippen molar-refractivity contribution >= 4 is 23.5 Å². The molecule has 0 unspecified atom stereocenters. The van der Waals surface area contributed by atoms with Crippen LogP contribution in [0.1, 0.15) is 15.9 Å². The lowest BCUT2D eigenvalue weighted by molar-refractivity contribution is 0.101. The number of ether oxygens (including phenoxy) is 1. The highest BCUT2D eigenvalue weighted by Crippen LogP contribution is 2.34. The van der Waals surface area contributed by atoms with Gasteiger partial charge in [0.2, 0.25) is 5.78 Å². The molecule has 0 atom stereocenters. The number of phenolic OH excluding ortho intramolecular Hbond substituents is 1. The van der Waals surface area contributed by atoms with Crippen LogP contribution in [0.15, 0.2) is 48.2 Å². The molecule has 0 fully saturated rings. The third-order valence-corrected chi connectivity index (χ3v) is 3.07. The fourth-order valence-electron chi connectivity index (χ4n) is 1.89. The van der Waals surface area contributed by atoms with Gasteiger partial charge in [-0.05, 0) is 42.0 Å². The Morgan fingerprint density at radius 2 is 1.84 bits per heavy atom. The molecule has 0 aliphatic carbocycles. The predicted octanol–water partition coefficient (Wildman–Crippen LogP) is 3.66. The molecule has 1 aliphatic heterocycles. The average molecular weight is 273 g/mol. The lowest BCUT2D eigenvalue weighted by Crippen LogP contribution is -1.97. The quantitative estimate of drug-likeness (QED) is 0.806. The molecule has 0 bridgehead atoms. The van der Waals surface area contributed by atoms with Gasteiger partial charge in [0.25, 0.3) is 0 Å². The van der Waals surface area contributed by atoms with Gasteiger partial charge in [0, 0.05) is 5.02 Å². The molecule has 0 radical (unpaired) electrons. The summed E-state index contributed by atoms with van der Waals surface area (Å²) in [5.41, 5.74) is 1.20. The second-order valence-electron chi connectivity index (χ2n) is 4.17. The van der Waals surface area contributed by atoms with Gasteiger partial charge >= 0.3 is 0 Å². The number of fused-ring (bicyclic) bond motifs is 1. The normalized spacial score (nSPS) is 15.4. The number of ketones is 1. The summed E-state index contributed by atoms with van der Waals surface area (Å²) >= 11 is 5.80. The maximum atomic E-state index is 12.1. The van der Waals surface area contributed by atoms with Gasteiger partial charge in [-0.3, -0.25) is 4.79 Å². The van der Waals surface area contributed by atoms with Gasteiger partial charge in [-0.15, -0.1) is 0 Å². The molecular formula is C15H9ClO3. The van der Waals surface area contributed by atoms with Gasteiger partial charge in [0.15, 0.2) is 5.76 Å². The zero-order chi connectivity index (χ0) is 13.4. The highest BCUT2D eigenvalue weighted by molar-refractivity contribution is 6.30. The first-order valence-corrected chi connectivity index (χ1v) is 6.04. The molecule has 0 aromatic heterocycles. The highest BCUT2D eigenvalue weighted by Gasteiger charge is 2.27. The van der Waals surface area contributed by atoms with Crippen LogP contribution in [-0.2, 0) is 0 Å². The Bertz CT molecular complexity index is 687. The molecule has 0 saturated carbocycles. The van der Waals surface area contributed by atoms with Crippen molar-refractivity contribution in [3.8, 4) is 11.5 Å². The fourth-order valence-corrected chi connectivity index (χ4v) is 2.01. The van der Waals surface area contributed by atoms with E-state index in [1.54, 1.807) is 36.4 Å². The van der Waals surface area contributed by atoms with Crippen molar-refractivity contribution in [2.24, 2.45) is 0 Å². The molecule has 3 nitrogen and oxygen atoms in total. The van der Waals surface area contributed by atoms with E-state index in [0.717, 1.165) is 5.56 Å². The highest BCUT2D eigenvalue weighted by atomic mass is 35.5. The molecule has 94 valence electrons. The summed E-state index contributed by atoms with van der Waals surface area (Å²) in [6, 6.07) is 11.5. The molecule has 1 aliphatic rings. The number of benzene rings is 2. The van der Waals surface area contributed by atoms with Crippen LogP contribution < -0.4 is 4.74 Å². The summed E-state index contributed by atoms with van der Waals surface area (Å²) in [4.78, 5) is 12.1. The molecule has 0 saturated heterocycles. The molecule has 1 N–H and O–H groups in total. The number of hydrogen-bond acceptors (Lipinski definition) is 3. The van der Waals surface area contributed by atoms with Gasteiger partial charge in [-0.1, -0.05) is 23.7 Å². The van der Waals surface area contributed by atoms with Crippen molar-refractivity contribution in [2.45, 2.75) is 0 Å². The third-order valence-electron chi connectivity index (χ3n) is 2.82. The Kier molecular flexibility index (Phi) is 2.76. The number of aromatic hydroxyl groups is 1. The lowest BCUT2D eigenvalue weighted by Gasteiger charge is -1.98. The number of allylic oxidation sites excluding steroid dienone is 1. The summed E-state index contributed by atoms with van der Waals surface area (Å²) < 4.78 is 5.48. The van der Waals surface area contributed by atoms with Crippen molar-refractivity contribution in [3.63, 3.8) is 0 Å². The number of carbonyl (C=O) groups excluding carboxylic acids is 1. The standard InChI is InChI=1S/C15H9ClO3/c16-10-3-1-9(2-4-10)7-14-15(18)12-8-11(17)5-6-13(12)19-14/h1-8,17H/b14-7-. The van der Waals surface area contributed by atoms with E-state index < -0.39 is 0 Å². The summed E-state index contributed by atoms with van der Waals surface area (Å²) in [6.45, 7) is 0. The van der Waals surface area contributed by atoms with E-state index in [1.807, 2.05) is 0 Å². The minimum absolute atomic E-state index is 0.0449. The number of carbonyl (C=O) groups is 1. The van der Waals surface area contributed by atoms with E-state index >= 15 is 0 Å². The maximum absolute atomic E-state index is 12.1. The van der Waals surface area contributed by atoms with E-state index in [1.165, 1.54) is 12.1 Å². The average Bonchev–Trinajstić information content (AvgIpc) is 2.70. The largest absolute Gasteiger partial charge is 0.508 e. The summed E-state index contributed by atoms with van der Waals surface area (Å²) in [5.74, 6) is 0.509. The zero-order valence-corrected chi connectivity index (χ0v) is 10.5. The zero-order valence-electron chi connectivity index (χ0n) is 9.76. The Labute approximate surface area is 114 Å². The molecule has 0 spiro atoms.